The fourth-order valence-electron chi connectivity index (χ4n) is 6.40. The van der Waals surface area contributed by atoms with Crippen LogP contribution >= 0.6 is 0 Å². The lowest BCUT2D eigenvalue weighted by Crippen LogP contribution is -2.47. The fraction of sp³-hybridized carbons (Fsp3) is 0.472. The molecule has 46 heavy (non-hydrogen) atoms. The van der Waals surface area contributed by atoms with Gasteiger partial charge in [-0.05, 0) is 106 Å². The van der Waals surface area contributed by atoms with Crippen molar-refractivity contribution in [2.75, 3.05) is 57.5 Å². The largest absolute Gasteiger partial charge is 0.490 e. The number of nitrogens with one attached hydrogen (secondary N) is 1. The van der Waals surface area contributed by atoms with Gasteiger partial charge in [0, 0.05) is 37.9 Å². The normalized spacial score (nSPS) is 17.4. The Hall–Kier alpha value is -4.21. The minimum Gasteiger partial charge on any atom is -0.490 e. The Balaban J connectivity index is 1.37. The minimum absolute atomic E-state index is 0.135. The van der Waals surface area contributed by atoms with E-state index in [1.807, 2.05) is 61.8 Å². The number of carbonyl (C=O) groups is 1. The molecule has 2 unspecified atom stereocenters. The predicted octanol–water partition coefficient (Wildman–Crippen LogP) is 6.94. The summed E-state index contributed by atoms with van der Waals surface area (Å²) in [6.45, 7) is 12.2. The highest BCUT2D eigenvalue weighted by molar-refractivity contribution is 5.75. The summed E-state index contributed by atoms with van der Waals surface area (Å²) in [4.78, 5) is 17.8. The smallest absolute Gasteiger partial charge is 0.317 e. The average molecular weight is 638 g/mol. The van der Waals surface area contributed by atoms with E-state index in [2.05, 4.69) is 11.4 Å². The third kappa shape index (κ3) is 7.59. The maximum atomic E-state index is 13.9. The molecule has 3 aromatic carbocycles. The summed E-state index contributed by atoms with van der Waals surface area (Å²) in [6, 6.07) is 13.6. The first-order valence-corrected chi connectivity index (χ1v) is 16.4. The second kappa shape index (κ2) is 15.4. The summed E-state index contributed by atoms with van der Waals surface area (Å²) < 4.78 is 50.9. The number of nitrogens with zero attached hydrogens (tertiary/aromatic N) is 2. The molecule has 2 amide bonds. The lowest BCUT2D eigenvalue weighted by molar-refractivity contribution is 0.167. The zero-order valence-corrected chi connectivity index (χ0v) is 27.2. The van der Waals surface area contributed by atoms with Crippen LogP contribution in [0.4, 0.5) is 19.3 Å². The first-order chi connectivity index (χ1) is 22.3. The monoisotopic (exact) mass is 637 g/mol. The Bertz CT molecular complexity index is 1500. The molecule has 8 nitrogen and oxygen atoms in total. The molecule has 2 aliphatic heterocycles. The predicted molar refractivity (Wildman–Crippen MR) is 174 cm³/mol. The van der Waals surface area contributed by atoms with Crippen molar-refractivity contribution in [1.82, 2.24) is 10.2 Å². The van der Waals surface area contributed by atoms with Gasteiger partial charge in [0.05, 0.1) is 32.5 Å². The van der Waals surface area contributed by atoms with Crippen LogP contribution in [0, 0.1) is 17.6 Å². The van der Waals surface area contributed by atoms with Crippen LogP contribution in [-0.2, 0) is 12.8 Å². The van der Waals surface area contributed by atoms with Gasteiger partial charge in [-0.3, -0.25) is 0 Å². The molecule has 248 valence electrons. The van der Waals surface area contributed by atoms with Crippen molar-refractivity contribution in [2.24, 2.45) is 5.92 Å². The van der Waals surface area contributed by atoms with Crippen LogP contribution < -0.4 is 29.2 Å². The van der Waals surface area contributed by atoms with Crippen molar-refractivity contribution in [1.29, 1.82) is 0 Å². The fourth-order valence-corrected chi connectivity index (χ4v) is 6.40. The lowest BCUT2D eigenvalue weighted by Gasteiger charge is -2.38. The number of amides is 2. The van der Waals surface area contributed by atoms with Crippen LogP contribution in [0.25, 0.3) is 0 Å². The Morgan fingerprint density at radius 3 is 2.17 bits per heavy atom. The van der Waals surface area contributed by atoms with Gasteiger partial charge in [0.1, 0.15) is 0 Å². The number of carbonyl (C=O) groups excluding carboxylic acids is 1. The number of ether oxygens (including phenoxy) is 4. The van der Waals surface area contributed by atoms with Gasteiger partial charge in [0.25, 0.3) is 0 Å². The van der Waals surface area contributed by atoms with E-state index in [0.717, 1.165) is 29.2 Å². The molecular weight excluding hydrogens is 592 g/mol. The topological polar surface area (TPSA) is 72.5 Å². The van der Waals surface area contributed by atoms with E-state index >= 15 is 0 Å². The number of hydrogen-bond acceptors (Lipinski definition) is 6. The molecule has 1 fully saturated rings. The summed E-state index contributed by atoms with van der Waals surface area (Å²) >= 11 is 0. The van der Waals surface area contributed by atoms with Crippen molar-refractivity contribution < 1.29 is 32.5 Å². The molecule has 0 aliphatic carbocycles. The number of halogens is 2. The quantitative estimate of drug-likeness (QED) is 0.219. The van der Waals surface area contributed by atoms with E-state index in [9.17, 15) is 13.6 Å². The molecule has 0 saturated carbocycles. The highest BCUT2D eigenvalue weighted by atomic mass is 19.2. The zero-order chi connectivity index (χ0) is 32.6. The van der Waals surface area contributed by atoms with Crippen molar-refractivity contribution in [3.8, 4) is 23.0 Å². The molecule has 1 saturated heterocycles. The summed E-state index contributed by atoms with van der Waals surface area (Å²) in [6.07, 6.45) is 2.10. The third-order valence-corrected chi connectivity index (χ3v) is 8.56. The van der Waals surface area contributed by atoms with E-state index in [0.29, 0.717) is 94.1 Å². The van der Waals surface area contributed by atoms with Gasteiger partial charge in [0.15, 0.2) is 34.6 Å². The molecule has 3 aromatic rings. The summed E-state index contributed by atoms with van der Waals surface area (Å²) in [5.74, 6) is 1.24. The van der Waals surface area contributed by atoms with E-state index in [4.69, 9.17) is 18.9 Å². The molecule has 2 heterocycles. The van der Waals surface area contributed by atoms with Gasteiger partial charge >= 0.3 is 6.03 Å². The number of hydrogen-bond donors (Lipinski definition) is 1. The van der Waals surface area contributed by atoms with Crippen LogP contribution in [-0.4, -0.2) is 63.5 Å². The Labute approximate surface area is 270 Å². The number of fused-ring (bicyclic) bond motifs is 1. The third-order valence-electron chi connectivity index (χ3n) is 8.56. The summed E-state index contributed by atoms with van der Waals surface area (Å²) in [7, 11) is 0. The molecule has 5 rings (SSSR count). The molecule has 0 spiro atoms. The molecule has 2 atom stereocenters. The molecule has 1 N–H and O–H groups in total. The Morgan fingerprint density at radius 1 is 0.804 bits per heavy atom. The van der Waals surface area contributed by atoms with Crippen LogP contribution in [0.2, 0.25) is 0 Å². The minimum atomic E-state index is -0.855. The van der Waals surface area contributed by atoms with Gasteiger partial charge in [-0.15, -0.1) is 0 Å². The number of rotatable bonds is 13. The van der Waals surface area contributed by atoms with Gasteiger partial charge in [-0.1, -0.05) is 6.07 Å². The van der Waals surface area contributed by atoms with Crippen molar-refractivity contribution in [3.63, 3.8) is 0 Å². The van der Waals surface area contributed by atoms with Crippen LogP contribution in [0.3, 0.4) is 0 Å². The van der Waals surface area contributed by atoms with E-state index in [1.165, 1.54) is 6.07 Å². The SMILES string of the molecule is CCOc1ccc(CC2c3cc(OCC)c(OCC)cc3CCN2C(=O)NCC2CCN(c3ccc(F)c(F)c3)C2)cc1OCC. The van der Waals surface area contributed by atoms with Gasteiger partial charge in [-0.25, -0.2) is 13.6 Å². The van der Waals surface area contributed by atoms with Gasteiger partial charge in [-0.2, -0.15) is 0 Å². The molecular formula is C36H45F2N3O5. The molecule has 0 aromatic heterocycles. The van der Waals surface area contributed by atoms with Gasteiger partial charge < -0.3 is 34.1 Å². The molecule has 2 aliphatic rings. The van der Waals surface area contributed by atoms with Gasteiger partial charge in [0.2, 0.25) is 0 Å². The first kappa shape index (κ1) is 33.2. The second-order valence-electron chi connectivity index (χ2n) is 11.6. The van der Waals surface area contributed by atoms with Crippen LogP contribution in [0.1, 0.15) is 56.8 Å². The number of benzene rings is 3. The summed E-state index contributed by atoms with van der Waals surface area (Å²) in [5.41, 5.74) is 3.84. The number of anilines is 1. The van der Waals surface area contributed by atoms with Crippen molar-refractivity contribution >= 4 is 11.7 Å². The van der Waals surface area contributed by atoms with Crippen molar-refractivity contribution in [2.45, 2.75) is 53.0 Å². The maximum absolute atomic E-state index is 13.9. The molecule has 0 radical (unpaired) electrons. The first-order valence-electron chi connectivity index (χ1n) is 16.4. The Morgan fingerprint density at radius 2 is 1.48 bits per heavy atom. The zero-order valence-electron chi connectivity index (χ0n) is 27.2. The molecule has 10 heteroatoms. The van der Waals surface area contributed by atoms with Crippen molar-refractivity contribution in [3.05, 3.63) is 76.9 Å². The van der Waals surface area contributed by atoms with Crippen LogP contribution in [0.15, 0.2) is 48.5 Å². The van der Waals surface area contributed by atoms with E-state index in [-0.39, 0.29) is 18.0 Å². The average Bonchev–Trinajstić information content (AvgIpc) is 3.52. The summed E-state index contributed by atoms with van der Waals surface area (Å²) in [5, 5.41) is 3.19. The second-order valence-corrected chi connectivity index (χ2v) is 11.6. The van der Waals surface area contributed by atoms with Crippen LogP contribution in [0.5, 0.6) is 23.0 Å². The number of urea groups is 1. The highest BCUT2D eigenvalue weighted by Crippen LogP contribution is 2.41. The Kier molecular flexibility index (Phi) is 11.1. The van der Waals surface area contributed by atoms with E-state index < -0.39 is 11.6 Å². The van der Waals surface area contributed by atoms with E-state index in [1.54, 1.807) is 6.07 Å². The highest BCUT2D eigenvalue weighted by Gasteiger charge is 2.33. The molecule has 0 bridgehead atoms. The standard InChI is InChI=1S/C36H45F2N3O5/c1-5-43-32-12-9-24(18-33(32)44-6-2)17-31-28-21-35(46-8-4)34(45-7-3)19-26(28)14-16-41(31)36(42)39-22-25-13-15-40(23-25)27-10-11-29(37)30(38)20-27/h9-12,18-21,25,31H,5-8,13-17,22-23H2,1-4H3,(H,39,42). The lowest BCUT2D eigenvalue weighted by atomic mass is 9.88. The maximum Gasteiger partial charge on any atom is 0.317 e.